The lowest BCUT2D eigenvalue weighted by molar-refractivity contribution is -0.145. The van der Waals surface area contributed by atoms with Gasteiger partial charge in [-0.05, 0) is 38.0 Å². The molecule has 2 atom stereocenters. The molecule has 0 aromatic rings. The number of guanidine groups is 1. The number of carbonyl (C=O) groups excluding carboxylic acids is 1. The Balaban J connectivity index is 0.00000288. The Hall–Kier alpha value is -0.570. The molecule has 0 bridgehead atoms. The van der Waals surface area contributed by atoms with Crippen LogP contribution in [0.5, 0.6) is 0 Å². The number of halogens is 1. The van der Waals surface area contributed by atoms with Crippen molar-refractivity contribution in [2.75, 3.05) is 46.5 Å². The van der Waals surface area contributed by atoms with Gasteiger partial charge < -0.3 is 19.7 Å². The van der Waals surface area contributed by atoms with Crippen LogP contribution in [0.4, 0.5) is 0 Å². The topological polar surface area (TPSA) is 63.2 Å². The Labute approximate surface area is 162 Å². The number of aliphatic imine (C=N–C) groups is 1. The van der Waals surface area contributed by atoms with Gasteiger partial charge in [0.15, 0.2) is 5.96 Å². The summed E-state index contributed by atoms with van der Waals surface area (Å²) in [5.74, 6) is 1.81. The number of likely N-dealkylation sites (tertiary alicyclic amines) is 1. The van der Waals surface area contributed by atoms with Gasteiger partial charge in [0.25, 0.3) is 0 Å². The molecular formula is C17H32IN3O3. The molecule has 1 aliphatic carbocycles. The van der Waals surface area contributed by atoms with Crippen molar-refractivity contribution in [2.24, 2.45) is 22.7 Å². The number of methoxy groups -OCH3 is 1. The Morgan fingerprint density at radius 2 is 2.08 bits per heavy atom. The summed E-state index contributed by atoms with van der Waals surface area (Å²) in [6.45, 7) is 8.93. The van der Waals surface area contributed by atoms with Gasteiger partial charge in [-0.3, -0.25) is 9.79 Å². The van der Waals surface area contributed by atoms with Gasteiger partial charge in [-0.2, -0.15) is 0 Å². The monoisotopic (exact) mass is 453 g/mol. The van der Waals surface area contributed by atoms with E-state index in [0.717, 1.165) is 51.1 Å². The molecule has 2 aliphatic rings. The highest BCUT2D eigenvalue weighted by molar-refractivity contribution is 14.0. The van der Waals surface area contributed by atoms with E-state index < -0.39 is 0 Å². The zero-order chi connectivity index (χ0) is 16.7. The molecule has 7 heteroatoms. The molecule has 0 spiro atoms. The summed E-state index contributed by atoms with van der Waals surface area (Å²) in [6.07, 6.45) is 3.60. The number of carbonyl (C=O) groups is 1. The van der Waals surface area contributed by atoms with E-state index >= 15 is 0 Å². The van der Waals surface area contributed by atoms with E-state index in [1.807, 2.05) is 0 Å². The van der Waals surface area contributed by atoms with Crippen LogP contribution in [0.1, 0.15) is 33.1 Å². The molecule has 1 N–H and O–H groups in total. The van der Waals surface area contributed by atoms with Crippen molar-refractivity contribution in [1.29, 1.82) is 0 Å². The zero-order valence-corrected chi connectivity index (χ0v) is 17.5. The normalized spacial score (nSPS) is 23.8. The number of hydrogen-bond donors (Lipinski definition) is 1. The molecule has 1 saturated heterocycles. The second-order valence-corrected chi connectivity index (χ2v) is 6.62. The van der Waals surface area contributed by atoms with Crippen LogP contribution in [0, 0.1) is 17.8 Å². The number of rotatable bonds is 8. The molecule has 24 heavy (non-hydrogen) atoms. The minimum absolute atomic E-state index is 0. The van der Waals surface area contributed by atoms with E-state index in [9.17, 15) is 4.79 Å². The molecule has 2 unspecified atom stereocenters. The van der Waals surface area contributed by atoms with Crippen molar-refractivity contribution in [2.45, 2.75) is 33.1 Å². The second-order valence-electron chi connectivity index (χ2n) is 6.62. The maximum Gasteiger partial charge on any atom is 0.310 e. The highest BCUT2D eigenvalue weighted by atomic mass is 127. The Morgan fingerprint density at radius 1 is 1.33 bits per heavy atom. The minimum Gasteiger partial charge on any atom is -0.469 e. The third kappa shape index (κ3) is 6.74. The van der Waals surface area contributed by atoms with Crippen LogP contribution in [-0.2, 0) is 14.3 Å². The predicted molar refractivity (Wildman–Crippen MR) is 106 cm³/mol. The average molecular weight is 453 g/mol. The molecule has 1 heterocycles. The first-order valence-electron chi connectivity index (χ1n) is 8.84. The second kappa shape index (κ2) is 11.1. The largest absolute Gasteiger partial charge is 0.469 e. The van der Waals surface area contributed by atoms with E-state index in [0.29, 0.717) is 6.54 Å². The molecule has 2 rings (SSSR count). The summed E-state index contributed by atoms with van der Waals surface area (Å²) >= 11 is 0. The molecule has 6 nitrogen and oxygen atoms in total. The van der Waals surface area contributed by atoms with Gasteiger partial charge in [0.05, 0.1) is 13.0 Å². The fraction of sp³-hybridized carbons (Fsp3) is 0.882. The highest BCUT2D eigenvalue weighted by Crippen LogP contribution is 2.28. The van der Waals surface area contributed by atoms with Gasteiger partial charge in [-0.1, -0.05) is 6.92 Å². The number of nitrogens with one attached hydrogen (secondary N) is 1. The summed E-state index contributed by atoms with van der Waals surface area (Å²) < 4.78 is 10.5. The van der Waals surface area contributed by atoms with Crippen molar-refractivity contribution in [3.8, 4) is 0 Å². The molecule has 2 fully saturated rings. The Kier molecular flexibility index (Phi) is 9.95. The first-order valence-corrected chi connectivity index (χ1v) is 8.84. The summed E-state index contributed by atoms with van der Waals surface area (Å²) in [5.41, 5.74) is 0. The Bertz CT molecular complexity index is 416. The van der Waals surface area contributed by atoms with E-state index in [1.54, 1.807) is 0 Å². The number of ether oxygens (including phenoxy) is 2. The van der Waals surface area contributed by atoms with Gasteiger partial charge >= 0.3 is 5.97 Å². The molecule has 1 aliphatic heterocycles. The van der Waals surface area contributed by atoms with Crippen molar-refractivity contribution >= 4 is 35.9 Å². The van der Waals surface area contributed by atoms with E-state index in [4.69, 9.17) is 9.47 Å². The number of hydrogen-bond acceptors (Lipinski definition) is 4. The van der Waals surface area contributed by atoms with Crippen LogP contribution in [0.3, 0.4) is 0 Å². The van der Waals surface area contributed by atoms with E-state index in [-0.39, 0.29) is 41.8 Å². The smallest absolute Gasteiger partial charge is 0.310 e. The van der Waals surface area contributed by atoms with Gasteiger partial charge in [-0.15, -0.1) is 24.0 Å². The zero-order valence-electron chi connectivity index (χ0n) is 15.1. The third-order valence-corrected chi connectivity index (χ3v) is 4.51. The summed E-state index contributed by atoms with van der Waals surface area (Å²) in [4.78, 5) is 18.7. The fourth-order valence-electron chi connectivity index (χ4n) is 2.91. The van der Waals surface area contributed by atoms with Crippen LogP contribution >= 0.6 is 24.0 Å². The van der Waals surface area contributed by atoms with Crippen molar-refractivity contribution in [3.63, 3.8) is 0 Å². The molecule has 140 valence electrons. The Morgan fingerprint density at radius 3 is 2.71 bits per heavy atom. The fourth-order valence-corrected chi connectivity index (χ4v) is 2.91. The maximum atomic E-state index is 11.8. The van der Waals surface area contributed by atoms with Gasteiger partial charge in [-0.25, -0.2) is 0 Å². The average Bonchev–Trinajstić information content (AvgIpc) is 3.29. The lowest BCUT2D eigenvalue weighted by Gasteiger charge is -2.21. The predicted octanol–water partition coefficient (Wildman–Crippen LogP) is 2.13. The SMILES string of the molecule is CCNC(=NCCCOCC1CC1)N1CC(C)C(C(=O)OC)C1.I. The lowest BCUT2D eigenvalue weighted by atomic mass is 9.99. The van der Waals surface area contributed by atoms with Gasteiger partial charge in [0.2, 0.25) is 0 Å². The first-order chi connectivity index (χ1) is 11.2. The minimum atomic E-state index is -0.121. The maximum absolute atomic E-state index is 11.8. The first kappa shape index (κ1) is 21.5. The molecule has 0 aromatic carbocycles. The molecular weight excluding hydrogens is 421 g/mol. The molecule has 1 saturated carbocycles. The van der Waals surface area contributed by atoms with Gasteiger partial charge in [0, 0.05) is 39.4 Å². The van der Waals surface area contributed by atoms with Crippen LogP contribution in [0.15, 0.2) is 4.99 Å². The summed E-state index contributed by atoms with van der Waals surface area (Å²) in [6, 6.07) is 0. The van der Waals surface area contributed by atoms with Crippen LogP contribution in [0.25, 0.3) is 0 Å². The quantitative estimate of drug-likeness (QED) is 0.201. The van der Waals surface area contributed by atoms with Gasteiger partial charge in [0.1, 0.15) is 0 Å². The number of nitrogens with zero attached hydrogens (tertiary/aromatic N) is 2. The molecule has 0 amide bonds. The van der Waals surface area contributed by atoms with Crippen molar-refractivity contribution in [1.82, 2.24) is 10.2 Å². The van der Waals surface area contributed by atoms with E-state index in [2.05, 4.69) is 29.1 Å². The van der Waals surface area contributed by atoms with Crippen LogP contribution < -0.4 is 5.32 Å². The van der Waals surface area contributed by atoms with Crippen LogP contribution in [-0.4, -0.2) is 63.3 Å². The standard InChI is InChI=1S/C17H31N3O3.HI/c1-4-18-17(19-8-5-9-23-12-14-6-7-14)20-10-13(2)15(11-20)16(21)22-3;/h13-15H,4-12H2,1-3H3,(H,18,19);1H. The summed E-state index contributed by atoms with van der Waals surface area (Å²) in [5, 5.41) is 3.32. The van der Waals surface area contributed by atoms with Crippen molar-refractivity contribution in [3.05, 3.63) is 0 Å². The highest BCUT2D eigenvalue weighted by Gasteiger charge is 2.36. The van der Waals surface area contributed by atoms with E-state index in [1.165, 1.54) is 20.0 Å². The third-order valence-electron chi connectivity index (χ3n) is 4.51. The van der Waals surface area contributed by atoms with Crippen molar-refractivity contribution < 1.29 is 14.3 Å². The van der Waals surface area contributed by atoms with Crippen LogP contribution in [0.2, 0.25) is 0 Å². The molecule has 0 aromatic heterocycles. The summed E-state index contributed by atoms with van der Waals surface area (Å²) in [7, 11) is 1.46. The number of esters is 1. The lowest BCUT2D eigenvalue weighted by Crippen LogP contribution is -2.40. The molecule has 0 radical (unpaired) electrons.